The molecule has 0 atom stereocenters. The van der Waals surface area contributed by atoms with E-state index in [1.807, 2.05) is 0 Å². The van der Waals surface area contributed by atoms with Gasteiger partial charge >= 0.3 is 5.97 Å². The van der Waals surface area contributed by atoms with Crippen LogP contribution in [0.3, 0.4) is 0 Å². The number of hydrogen-bond acceptors (Lipinski definition) is 1. The van der Waals surface area contributed by atoms with Crippen LogP contribution in [0.15, 0.2) is 12.2 Å². The minimum Gasteiger partial charge on any atom is -0.481 e. The minimum atomic E-state index is -0.664. The Hall–Kier alpha value is 2.48. The fourth-order valence-electron chi connectivity index (χ4n) is 2.35. The second-order valence-electron chi connectivity index (χ2n) is 5.73. The summed E-state index contributed by atoms with van der Waals surface area (Å²) in [5, 5.41) is 8.51. The molecule has 0 heterocycles. The monoisotopic (exact) mass is 360 g/mol. The first-order valence-corrected chi connectivity index (χ1v) is 8.64. The van der Waals surface area contributed by atoms with Gasteiger partial charge in [-0.15, -0.1) is 0 Å². The molecule has 1 N–H and O–H groups in total. The molecule has 2 nitrogen and oxygen atoms in total. The van der Waals surface area contributed by atoms with E-state index < -0.39 is 5.97 Å². The summed E-state index contributed by atoms with van der Waals surface area (Å²) in [6.45, 7) is 2.26. The van der Waals surface area contributed by atoms with Crippen LogP contribution in [0.25, 0.3) is 0 Å². The maximum absolute atomic E-state index is 10.3. The van der Waals surface area contributed by atoms with E-state index >= 15 is 0 Å². The predicted octanol–water partition coefficient (Wildman–Crippen LogP) is 5.35. The van der Waals surface area contributed by atoms with Crippen molar-refractivity contribution in [1.82, 2.24) is 0 Å². The molecule has 22 heavy (non-hydrogen) atoms. The normalized spacial score (nSPS) is 10.2. The van der Waals surface area contributed by atoms with Crippen molar-refractivity contribution in [2.24, 2.45) is 0 Å². The maximum atomic E-state index is 10.3. The molecule has 0 spiro atoms. The Morgan fingerprint density at radius 1 is 0.727 bits per heavy atom. The fourth-order valence-corrected chi connectivity index (χ4v) is 2.35. The summed E-state index contributed by atoms with van der Waals surface area (Å²) in [6.07, 6.45) is 21.2. The van der Waals surface area contributed by atoms with Gasteiger partial charge in [-0.2, -0.15) is 0 Å². The second-order valence-corrected chi connectivity index (χ2v) is 5.73. The Balaban J connectivity index is -0.00000180. The van der Waals surface area contributed by atoms with Crippen molar-refractivity contribution >= 4 is 109 Å². The second kappa shape index (κ2) is 25.7. The summed E-state index contributed by atoms with van der Waals surface area (Å²) >= 11 is 0. The first kappa shape index (κ1) is 29.3. The number of carbonyl (C=O) groups is 1. The van der Waals surface area contributed by atoms with Gasteiger partial charge in [-0.25, -0.2) is 0 Å². The van der Waals surface area contributed by atoms with Gasteiger partial charge in [0, 0.05) is 109 Å². The third-order valence-corrected chi connectivity index (χ3v) is 3.65. The Kier molecular flexibility index (Phi) is 34.2. The Morgan fingerprint density at radius 3 is 1.59 bits per heavy atom. The molecule has 0 unspecified atom stereocenters. The van der Waals surface area contributed by atoms with Crippen LogP contribution in [-0.2, 0) is 4.79 Å². The average Bonchev–Trinajstić information content (AvgIpc) is 2.43. The average molecular weight is 361 g/mol. The van der Waals surface area contributed by atoms with Crippen molar-refractivity contribution in [3.8, 4) is 0 Å². The van der Waals surface area contributed by atoms with Crippen LogP contribution in [0, 0.1) is 0 Å². The molecular formula is C18H34K2O2. The van der Waals surface area contributed by atoms with E-state index in [2.05, 4.69) is 19.1 Å². The van der Waals surface area contributed by atoms with Gasteiger partial charge in [0.2, 0.25) is 0 Å². The fraction of sp³-hybridized carbons (Fsp3) is 0.833. The van der Waals surface area contributed by atoms with Crippen LogP contribution in [-0.4, -0.2) is 114 Å². The zero-order valence-corrected chi connectivity index (χ0v) is 21.7. The zero-order valence-electron chi connectivity index (χ0n) is 15.4. The number of allylic oxidation sites excluding steroid dienone is 2. The Bertz CT molecular complexity index is 243. The quantitative estimate of drug-likeness (QED) is 0.243. The third kappa shape index (κ3) is 27.3. The Morgan fingerprint density at radius 2 is 1.14 bits per heavy atom. The third-order valence-electron chi connectivity index (χ3n) is 3.65. The SMILES string of the molecule is CCCCCCCC/C=C\CCCCCCCC(=O)O.[K].[K]. The van der Waals surface area contributed by atoms with Crippen LogP contribution in [0.2, 0.25) is 0 Å². The van der Waals surface area contributed by atoms with E-state index in [9.17, 15) is 4.79 Å². The molecule has 2 radical (unpaired) electrons. The molecule has 4 heteroatoms. The molecule has 0 aromatic heterocycles. The molecule has 0 aromatic rings. The van der Waals surface area contributed by atoms with E-state index in [0.717, 1.165) is 12.8 Å². The van der Waals surface area contributed by atoms with Crippen molar-refractivity contribution in [2.75, 3.05) is 0 Å². The van der Waals surface area contributed by atoms with Crippen LogP contribution in [0.5, 0.6) is 0 Å². The van der Waals surface area contributed by atoms with Gasteiger partial charge in [0.15, 0.2) is 0 Å². The summed E-state index contributed by atoms with van der Waals surface area (Å²) < 4.78 is 0. The van der Waals surface area contributed by atoms with Crippen LogP contribution < -0.4 is 0 Å². The molecule has 120 valence electrons. The molecule has 0 aromatic carbocycles. The van der Waals surface area contributed by atoms with Gasteiger partial charge in [0.25, 0.3) is 0 Å². The first-order chi connectivity index (χ1) is 9.77. The standard InChI is InChI=1S/C18H34O2.2K/c1-2-3-4-5-6-7-8-9-10-11-12-13-14-15-16-17-18(19)20;;/h9-10H,2-8,11-17H2,1H3,(H,19,20);;/b10-9-;;. The summed E-state index contributed by atoms with van der Waals surface area (Å²) in [4.78, 5) is 10.3. The van der Waals surface area contributed by atoms with E-state index in [-0.39, 0.29) is 103 Å². The predicted molar refractivity (Wildman–Crippen MR) is 98.6 cm³/mol. The van der Waals surface area contributed by atoms with Crippen molar-refractivity contribution in [3.63, 3.8) is 0 Å². The molecule has 0 aliphatic carbocycles. The van der Waals surface area contributed by atoms with Gasteiger partial charge < -0.3 is 5.11 Å². The molecule has 0 fully saturated rings. The van der Waals surface area contributed by atoms with Gasteiger partial charge in [0.1, 0.15) is 0 Å². The van der Waals surface area contributed by atoms with E-state index in [4.69, 9.17) is 5.11 Å². The smallest absolute Gasteiger partial charge is 0.303 e. The van der Waals surface area contributed by atoms with Crippen molar-refractivity contribution in [1.29, 1.82) is 0 Å². The molecule has 0 aliphatic heterocycles. The van der Waals surface area contributed by atoms with Gasteiger partial charge in [-0.1, -0.05) is 70.4 Å². The summed E-state index contributed by atoms with van der Waals surface area (Å²) in [5.41, 5.74) is 0. The van der Waals surface area contributed by atoms with E-state index in [0.29, 0.717) is 6.42 Å². The number of carboxylic acid groups (broad SMARTS) is 1. The van der Waals surface area contributed by atoms with Gasteiger partial charge in [0.05, 0.1) is 0 Å². The van der Waals surface area contributed by atoms with Crippen LogP contribution in [0.4, 0.5) is 0 Å². The largest absolute Gasteiger partial charge is 0.481 e. The van der Waals surface area contributed by atoms with E-state index in [1.165, 1.54) is 70.6 Å². The first-order valence-electron chi connectivity index (χ1n) is 8.64. The molecule has 0 bridgehead atoms. The maximum Gasteiger partial charge on any atom is 0.303 e. The number of carboxylic acids is 1. The van der Waals surface area contributed by atoms with Crippen molar-refractivity contribution in [2.45, 2.75) is 96.8 Å². The van der Waals surface area contributed by atoms with Crippen molar-refractivity contribution in [3.05, 3.63) is 12.2 Å². The summed E-state index contributed by atoms with van der Waals surface area (Å²) in [7, 11) is 0. The Labute approximate surface area is 223 Å². The molecular weight excluding hydrogens is 326 g/mol. The number of unbranched alkanes of at least 4 members (excludes halogenated alkanes) is 11. The topological polar surface area (TPSA) is 37.3 Å². The van der Waals surface area contributed by atoms with Crippen LogP contribution >= 0.6 is 0 Å². The molecule has 0 amide bonds. The van der Waals surface area contributed by atoms with Crippen molar-refractivity contribution < 1.29 is 9.90 Å². The summed E-state index contributed by atoms with van der Waals surface area (Å²) in [6, 6.07) is 0. The molecule has 0 rings (SSSR count). The van der Waals surface area contributed by atoms with E-state index in [1.54, 1.807) is 0 Å². The zero-order chi connectivity index (χ0) is 14.9. The minimum absolute atomic E-state index is 0. The molecule has 0 saturated heterocycles. The van der Waals surface area contributed by atoms with Gasteiger partial charge in [-0.3, -0.25) is 4.79 Å². The molecule has 0 aliphatic rings. The summed E-state index contributed by atoms with van der Waals surface area (Å²) in [5.74, 6) is -0.664. The number of rotatable bonds is 15. The van der Waals surface area contributed by atoms with Gasteiger partial charge in [-0.05, 0) is 32.1 Å². The van der Waals surface area contributed by atoms with Crippen LogP contribution in [0.1, 0.15) is 96.8 Å². The molecule has 0 saturated carbocycles. The number of hydrogen-bond donors (Lipinski definition) is 1. The number of aliphatic carboxylic acids is 1.